The minimum atomic E-state index is -0.0576. The van der Waals surface area contributed by atoms with E-state index in [0.29, 0.717) is 26.9 Å². The third kappa shape index (κ3) is 3.54. The molecule has 0 spiro atoms. The lowest BCUT2D eigenvalue weighted by atomic mass is 10.1. The van der Waals surface area contributed by atoms with Crippen LogP contribution < -0.4 is 4.74 Å². The maximum Gasteiger partial charge on any atom is 0.163 e. The number of benzene rings is 2. The lowest BCUT2D eigenvalue weighted by molar-refractivity contribution is 0.101. The van der Waals surface area contributed by atoms with Gasteiger partial charge in [0.1, 0.15) is 12.4 Å². The molecule has 0 N–H and O–H groups in total. The van der Waals surface area contributed by atoms with Crippen molar-refractivity contribution >= 4 is 44.9 Å². The Balaban J connectivity index is 2.27. The van der Waals surface area contributed by atoms with Crippen molar-refractivity contribution in [3.8, 4) is 5.75 Å². The molecule has 104 valence electrons. The predicted octanol–water partition coefficient (Wildman–Crippen LogP) is 5.54. The molecular formula is C15H11BrCl2O2. The first-order chi connectivity index (χ1) is 9.49. The van der Waals surface area contributed by atoms with E-state index in [0.717, 1.165) is 4.47 Å². The Morgan fingerprint density at radius 3 is 2.45 bits per heavy atom. The standard InChI is InChI=1S/C15H11BrCl2O2/c1-9(19)11-6-5-10(16)7-15(11)20-8-12-13(17)3-2-4-14(12)18/h2-7H,8H2,1H3. The van der Waals surface area contributed by atoms with Crippen LogP contribution >= 0.6 is 39.1 Å². The molecule has 0 fully saturated rings. The van der Waals surface area contributed by atoms with Crippen molar-refractivity contribution in [2.45, 2.75) is 13.5 Å². The normalized spacial score (nSPS) is 10.4. The molecule has 0 aliphatic rings. The summed E-state index contributed by atoms with van der Waals surface area (Å²) in [5, 5.41) is 1.08. The Morgan fingerprint density at radius 1 is 1.20 bits per heavy atom. The van der Waals surface area contributed by atoms with Gasteiger partial charge in [-0.3, -0.25) is 4.79 Å². The molecule has 0 amide bonds. The quantitative estimate of drug-likeness (QED) is 0.658. The highest BCUT2D eigenvalue weighted by Crippen LogP contribution is 2.29. The van der Waals surface area contributed by atoms with Gasteiger partial charge in [-0.2, -0.15) is 0 Å². The first-order valence-electron chi connectivity index (χ1n) is 5.85. The van der Waals surface area contributed by atoms with Crippen molar-refractivity contribution in [1.82, 2.24) is 0 Å². The Kier molecular flexibility index (Phi) is 5.08. The molecular weight excluding hydrogens is 363 g/mol. The summed E-state index contributed by atoms with van der Waals surface area (Å²) < 4.78 is 6.54. The maximum absolute atomic E-state index is 11.6. The summed E-state index contributed by atoms with van der Waals surface area (Å²) in [5.41, 5.74) is 1.22. The van der Waals surface area contributed by atoms with Crippen molar-refractivity contribution < 1.29 is 9.53 Å². The number of ketones is 1. The zero-order chi connectivity index (χ0) is 14.7. The lowest BCUT2D eigenvalue weighted by Crippen LogP contribution is -2.02. The van der Waals surface area contributed by atoms with Crippen molar-refractivity contribution in [1.29, 1.82) is 0 Å². The highest BCUT2D eigenvalue weighted by molar-refractivity contribution is 9.10. The molecule has 0 unspecified atom stereocenters. The molecule has 0 bridgehead atoms. The molecule has 0 aromatic heterocycles. The SMILES string of the molecule is CC(=O)c1ccc(Br)cc1OCc1c(Cl)cccc1Cl. The summed E-state index contributed by atoms with van der Waals surface area (Å²) in [6.45, 7) is 1.70. The smallest absolute Gasteiger partial charge is 0.163 e. The van der Waals surface area contributed by atoms with Gasteiger partial charge in [-0.1, -0.05) is 45.2 Å². The molecule has 0 saturated carbocycles. The van der Waals surface area contributed by atoms with Crippen LogP contribution in [0.3, 0.4) is 0 Å². The van der Waals surface area contributed by atoms with E-state index in [9.17, 15) is 4.79 Å². The Morgan fingerprint density at radius 2 is 1.85 bits per heavy atom. The molecule has 0 radical (unpaired) electrons. The van der Waals surface area contributed by atoms with Crippen LogP contribution in [-0.2, 0) is 6.61 Å². The molecule has 0 saturated heterocycles. The minimum absolute atomic E-state index is 0.0576. The molecule has 2 aromatic rings. The second-order valence-electron chi connectivity index (χ2n) is 4.19. The Hall–Kier alpha value is -1.03. The monoisotopic (exact) mass is 372 g/mol. The van der Waals surface area contributed by atoms with Gasteiger partial charge in [0.15, 0.2) is 5.78 Å². The molecule has 0 atom stereocenters. The molecule has 2 aromatic carbocycles. The fourth-order valence-electron chi connectivity index (χ4n) is 1.73. The zero-order valence-corrected chi connectivity index (χ0v) is 13.7. The number of hydrogen-bond acceptors (Lipinski definition) is 2. The molecule has 2 rings (SSSR count). The van der Waals surface area contributed by atoms with E-state index >= 15 is 0 Å². The van der Waals surface area contributed by atoms with Gasteiger partial charge in [0.05, 0.1) is 5.56 Å². The highest BCUT2D eigenvalue weighted by atomic mass is 79.9. The second-order valence-corrected chi connectivity index (χ2v) is 5.92. The van der Waals surface area contributed by atoms with Crippen molar-refractivity contribution in [2.24, 2.45) is 0 Å². The van der Waals surface area contributed by atoms with Gasteiger partial charge in [0.25, 0.3) is 0 Å². The van der Waals surface area contributed by atoms with Crippen LogP contribution in [0.1, 0.15) is 22.8 Å². The van der Waals surface area contributed by atoms with Crippen LogP contribution in [-0.4, -0.2) is 5.78 Å². The average molecular weight is 374 g/mol. The molecule has 20 heavy (non-hydrogen) atoms. The number of ether oxygens (including phenoxy) is 1. The number of carbonyl (C=O) groups excluding carboxylic acids is 1. The number of carbonyl (C=O) groups is 1. The van der Waals surface area contributed by atoms with E-state index in [1.54, 1.807) is 36.4 Å². The Labute approximate surface area is 135 Å². The van der Waals surface area contributed by atoms with Crippen LogP contribution in [0, 0.1) is 0 Å². The highest BCUT2D eigenvalue weighted by Gasteiger charge is 2.11. The third-order valence-corrected chi connectivity index (χ3v) is 3.96. The fraction of sp³-hybridized carbons (Fsp3) is 0.133. The van der Waals surface area contributed by atoms with E-state index in [4.69, 9.17) is 27.9 Å². The number of rotatable bonds is 4. The van der Waals surface area contributed by atoms with E-state index in [-0.39, 0.29) is 12.4 Å². The van der Waals surface area contributed by atoms with Gasteiger partial charge in [-0.05, 0) is 37.3 Å². The number of halogens is 3. The first kappa shape index (κ1) is 15.4. The van der Waals surface area contributed by atoms with E-state index in [2.05, 4.69) is 15.9 Å². The summed E-state index contributed by atoms with van der Waals surface area (Å²) in [7, 11) is 0. The van der Waals surface area contributed by atoms with E-state index in [1.165, 1.54) is 6.92 Å². The van der Waals surface area contributed by atoms with Gasteiger partial charge in [-0.15, -0.1) is 0 Å². The maximum atomic E-state index is 11.6. The van der Waals surface area contributed by atoms with Crippen molar-refractivity contribution in [3.05, 3.63) is 62.0 Å². The summed E-state index contributed by atoms with van der Waals surface area (Å²) in [4.78, 5) is 11.6. The second kappa shape index (κ2) is 6.61. The van der Waals surface area contributed by atoms with Gasteiger partial charge in [-0.25, -0.2) is 0 Å². The van der Waals surface area contributed by atoms with Gasteiger partial charge in [0, 0.05) is 20.1 Å². The summed E-state index contributed by atoms with van der Waals surface area (Å²) in [6, 6.07) is 10.5. The summed E-state index contributed by atoms with van der Waals surface area (Å²) in [6.07, 6.45) is 0. The lowest BCUT2D eigenvalue weighted by Gasteiger charge is -2.12. The molecule has 0 heterocycles. The Bertz CT molecular complexity index is 636. The van der Waals surface area contributed by atoms with Gasteiger partial charge >= 0.3 is 0 Å². The third-order valence-electron chi connectivity index (χ3n) is 2.76. The van der Waals surface area contributed by atoms with Crippen molar-refractivity contribution in [3.63, 3.8) is 0 Å². The number of Topliss-reactive ketones (excluding diaryl/α,β-unsaturated/α-hetero) is 1. The topological polar surface area (TPSA) is 26.3 Å². The van der Waals surface area contributed by atoms with Crippen LogP contribution in [0.25, 0.3) is 0 Å². The average Bonchev–Trinajstić information content (AvgIpc) is 2.37. The van der Waals surface area contributed by atoms with E-state index < -0.39 is 0 Å². The van der Waals surface area contributed by atoms with Crippen LogP contribution in [0.5, 0.6) is 5.75 Å². The summed E-state index contributed by atoms with van der Waals surface area (Å²) in [5.74, 6) is 0.445. The molecule has 5 heteroatoms. The molecule has 2 nitrogen and oxygen atoms in total. The van der Waals surface area contributed by atoms with Gasteiger partial charge in [0.2, 0.25) is 0 Å². The van der Waals surface area contributed by atoms with E-state index in [1.807, 2.05) is 0 Å². The zero-order valence-electron chi connectivity index (χ0n) is 10.6. The fourth-order valence-corrected chi connectivity index (χ4v) is 2.57. The van der Waals surface area contributed by atoms with Crippen molar-refractivity contribution in [2.75, 3.05) is 0 Å². The van der Waals surface area contributed by atoms with Gasteiger partial charge < -0.3 is 4.74 Å². The molecule has 0 aliphatic carbocycles. The minimum Gasteiger partial charge on any atom is -0.488 e. The summed E-state index contributed by atoms with van der Waals surface area (Å²) >= 11 is 15.5. The van der Waals surface area contributed by atoms with Crippen LogP contribution in [0.4, 0.5) is 0 Å². The van der Waals surface area contributed by atoms with Crippen LogP contribution in [0.2, 0.25) is 10.0 Å². The number of hydrogen-bond donors (Lipinski definition) is 0. The largest absolute Gasteiger partial charge is 0.488 e. The predicted molar refractivity (Wildman–Crippen MR) is 84.9 cm³/mol. The first-order valence-corrected chi connectivity index (χ1v) is 7.40. The van der Waals surface area contributed by atoms with Crippen LogP contribution in [0.15, 0.2) is 40.9 Å². The molecule has 0 aliphatic heterocycles.